The van der Waals surface area contributed by atoms with E-state index in [4.69, 9.17) is 0 Å². The molecule has 1 aromatic carbocycles. The summed E-state index contributed by atoms with van der Waals surface area (Å²) < 4.78 is 0. The summed E-state index contributed by atoms with van der Waals surface area (Å²) in [4.78, 5) is 23.3. The van der Waals surface area contributed by atoms with Gasteiger partial charge in [-0.1, -0.05) is 50.6 Å². The fourth-order valence-electron chi connectivity index (χ4n) is 2.06. The molecule has 2 N–H and O–H groups in total. The van der Waals surface area contributed by atoms with Gasteiger partial charge in [0.05, 0.1) is 5.92 Å². The smallest absolute Gasteiger partial charge is 0.308 e. The maximum atomic E-state index is 11.9. The summed E-state index contributed by atoms with van der Waals surface area (Å²) in [5.74, 6) is -1.44. The third kappa shape index (κ3) is 5.58. The van der Waals surface area contributed by atoms with Gasteiger partial charge in [0, 0.05) is 12.5 Å². The Hall–Kier alpha value is -1.84. The summed E-state index contributed by atoms with van der Waals surface area (Å²) in [5, 5.41) is 12.1. The van der Waals surface area contributed by atoms with Gasteiger partial charge in [-0.2, -0.15) is 0 Å². The van der Waals surface area contributed by atoms with Crippen molar-refractivity contribution in [3.05, 3.63) is 35.4 Å². The fraction of sp³-hybridized carbons (Fsp3) is 0.529. The molecule has 0 aliphatic rings. The molecule has 0 saturated heterocycles. The second-order valence-electron chi connectivity index (χ2n) is 6.01. The van der Waals surface area contributed by atoms with Crippen LogP contribution < -0.4 is 5.32 Å². The second-order valence-corrected chi connectivity index (χ2v) is 6.01. The Morgan fingerprint density at radius 3 is 2.43 bits per heavy atom. The monoisotopic (exact) mass is 291 g/mol. The summed E-state index contributed by atoms with van der Waals surface area (Å²) in [5.41, 5.74) is 2.09. The largest absolute Gasteiger partial charge is 0.481 e. The molecular formula is C17H25NO3. The molecule has 0 heterocycles. The van der Waals surface area contributed by atoms with Crippen molar-refractivity contribution in [2.45, 2.75) is 34.1 Å². The Labute approximate surface area is 126 Å². The molecule has 0 aliphatic heterocycles. The van der Waals surface area contributed by atoms with Crippen LogP contribution in [0.1, 0.15) is 31.9 Å². The topological polar surface area (TPSA) is 66.4 Å². The van der Waals surface area contributed by atoms with Gasteiger partial charge in [0.2, 0.25) is 5.91 Å². The lowest BCUT2D eigenvalue weighted by molar-refractivity contribution is -0.141. The van der Waals surface area contributed by atoms with Gasteiger partial charge in [-0.25, -0.2) is 0 Å². The molecule has 0 spiro atoms. The Balaban J connectivity index is 2.63. The molecule has 1 rings (SSSR count). The van der Waals surface area contributed by atoms with E-state index in [2.05, 4.69) is 5.32 Å². The molecule has 4 nitrogen and oxygen atoms in total. The van der Waals surface area contributed by atoms with Crippen LogP contribution in [0.3, 0.4) is 0 Å². The van der Waals surface area contributed by atoms with Crippen molar-refractivity contribution in [1.82, 2.24) is 5.32 Å². The SMILES string of the molecule is Cc1cccc(CC(CNC(=O)C(C)C(C)C)C(=O)O)c1. The predicted octanol–water partition coefficient (Wildman–Crippen LogP) is 2.65. The first-order valence-corrected chi connectivity index (χ1v) is 7.37. The van der Waals surface area contributed by atoms with Crippen molar-refractivity contribution < 1.29 is 14.7 Å². The van der Waals surface area contributed by atoms with Crippen LogP contribution >= 0.6 is 0 Å². The Kier molecular flexibility index (Phi) is 6.40. The van der Waals surface area contributed by atoms with Gasteiger partial charge in [0.15, 0.2) is 0 Å². The highest BCUT2D eigenvalue weighted by molar-refractivity contribution is 5.79. The normalized spacial score (nSPS) is 13.8. The van der Waals surface area contributed by atoms with Gasteiger partial charge in [-0.15, -0.1) is 0 Å². The van der Waals surface area contributed by atoms with Crippen molar-refractivity contribution in [1.29, 1.82) is 0 Å². The van der Waals surface area contributed by atoms with E-state index >= 15 is 0 Å². The first-order valence-electron chi connectivity index (χ1n) is 7.37. The number of amides is 1. The molecule has 1 aromatic rings. The number of carboxylic acid groups (broad SMARTS) is 1. The number of carbonyl (C=O) groups excluding carboxylic acids is 1. The summed E-state index contributed by atoms with van der Waals surface area (Å²) in [6.07, 6.45) is 0.424. The van der Waals surface area contributed by atoms with E-state index in [0.717, 1.165) is 11.1 Å². The first kappa shape index (κ1) is 17.2. The Bertz CT molecular complexity index is 497. The van der Waals surface area contributed by atoms with Crippen molar-refractivity contribution in [3.63, 3.8) is 0 Å². The Morgan fingerprint density at radius 2 is 1.90 bits per heavy atom. The van der Waals surface area contributed by atoms with Gasteiger partial charge in [-0.3, -0.25) is 9.59 Å². The number of nitrogens with one attached hydrogen (secondary N) is 1. The average molecular weight is 291 g/mol. The quantitative estimate of drug-likeness (QED) is 0.811. The average Bonchev–Trinajstić information content (AvgIpc) is 2.41. The molecule has 2 atom stereocenters. The Morgan fingerprint density at radius 1 is 1.24 bits per heavy atom. The minimum absolute atomic E-state index is 0.0829. The van der Waals surface area contributed by atoms with E-state index in [1.165, 1.54) is 0 Å². The van der Waals surface area contributed by atoms with Crippen LogP contribution in [0.15, 0.2) is 24.3 Å². The number of hydrogen-bond acceptors (Lipinski definition) is 2. The van der Waals surface area contributed by atoms with E-state index in [-0.39, 0.29) is 24.3 Å². The fourth-order valence-corrected chi connectivity index (χ4v) is 2.06. The maximum absolute atomic E-state index is 11.9. The molecule has 4 heteroatoms. The summed E-state index contributed by atoms with van der Waals surface area (Å²) in [7, 11) is 0. The summed E-state index contributed by atoms with van der Waals surface area (Å²) in [6, 6.07) is 7.80. The van der Waals surface area contributed by atoms with Crippen LogP contribution in [-0.4, -0.2) is 23.5 Å². The van der Waals surface area contributed by atoms with Gasteiger partial charge in [0.25, 0.3) is 0 Å². The summed E-state index contributed by atoms with van der Waals surface area (Å²) in [6.45, 7) is 7.96. The molecule has 116 valence electrons. The molecule has 0 aromatic heterocycles. The number of benzene rings is 1. The number of rotatable bonds is 7. The number of aryl methyl sites for hydroxylation is 1. The van der Waals surface area contributed by atoms with Crippen molar-refractivity contribution in [3.8, 4) is 0 Å². The van der Waals surface area contributed by atoms with Gasteiger partial charge >= 0.3 is 5.97 Å². The molecule has 1 amide bonds. The molecule has 21 heavy (non-hydrogen) atoms. The third-order valence-corrected chi connectivity index (χ3v) is 3.85. The minimum atomic E-state index is -0.881. The van der Waals surface area contributed by atoms with Crippen LogP contribution in [0, 0.1) is 24.7 Å². The van der Waals surface area contributed by atoms with Crippen LogP contribution in [0.4, 0.5) is 0 Å². The molecule has 0 saturated carbocycles. The zero-order chi connectivity index (χ0) is 16.0. The first-order chi connectivity index (χ1) is 9.81. The molecular weight excluding hydrogens is 266 g/mol. The van der Waals surface area contributed by atoms with Crippen molar-refractivity contribution in [2.24, 2.45) is 17.8 Å². The number of aliphatic carboxylic acids is 1. The van der Waals surface area contributed by atoms with Crippen molar-refractivity contribution >= 4 is 11.9 Å². The second kappa shape index (κ2) is 7.81. The number of hydrogen-bond donors (Lipinski definition) is 2. The van der Waals surface area contributed by atoms with E-state index in [0.29, 0.717) is 6.42 Å². The minimum Gasteiger partial charge on any atom is -0.481 e. The van der Waals surface area contributed by atoms with E-state index in [9.17, 15) is 14.7 Å². The zero-order valence-electron chi connectivity index (χ0n) is 13.2. The lowest BCUT2D eigenvalue weighted by Crippen LogP contribution is -2.38. The molecule has 0 radical (unpaired) electrons. The number of carboxylic acids is 1. The highest BCUT2D eigenvalue weighted by Gasteiger charge is 2.22. The van der Waals surface area contributed by atoms with E-state index in [1.807, 2.05) is 52.0 Å². The third-order valence-electron chi connectivity index (χ3n) is 3.85. The molecule has 0 bridgehead atoms. The van der Waals surface area contributed by atoms with Crippen molar-refractivity contribution in [2.75, 3.05) is 6.54 Å². The lowest BCUT2D eigenvalue weighted by Gasteiger charge is -2.18. The zero-order valence-corrected chi connectivity index (χ0v) is 13.2. The maximum Gasteiger partial charge on any atom is 0.308 e. The standard InChI is InChI=1S/C17H25NO3/c1-11(2)13(4)16(19)18-10-15(17(20)21)9-14-7-5-6-12(3)8-14/h5-8,11,13,15H,9-10H2,1-4H3,(H,18,19)(H,20,21). The lowest BCUT2D eigenvalue weighted by atomic mass is 9.95. The highest BCUT2D eigenvalue weighted by atomic mass is 16.4. The van der Waals surface area contributed by atoms with Crippen LogP contribution in [-0.2, 0) is 16.0 Å². The highest BCUT2D eigenvalue weighted by Crippen LogP contribution is 2.12. The molecule has 2 unspecified atom stereocenters. The van der Waals surface area contributed by atoms with Gasteiger partial charge in [0.1, 0.15) is 0 Å². The van der Waals surface area contributed by atoms with E-state index in [1.54, 1.807) is 0 Å². The molecule has 0 fully saturated rings. The molecule has 0 aliphatic carbocycles. The summed E-state index contributed by atoms with van der Waals surface area (Å²) >= 11 is 0. The van der Waals surface area contributed by atoms with E-state index < -0.39 is 11.9 Å². The predicted molar refractivity (Wildman–Crippen MR) is 83.0 cm³/mol. The van der Waals surface area contributed by atoms with Crippen LogP contribution in [0.2, 0.25) is 0 Å². The number of carbonyl (C=O) groups is 2. The van der Waals surface area contributed by atoms with Gasteiger partial charge < -0.3 is 10.4 Å². The van der Waals surface area contributed by atoms with Gasteiger partial charge in [-0.05, 0) is 24.8 Å². The van der Waals surface area contributed by atoms with Crippen LogP contribution in [0.25, 0.3) is 0 Å². The van der Waals surface area contributed by atoms with Crippen LogP contribution in [0.5, 0.6) is 0 Å².